The number of aromatic nitrogens is 2. The fourth-order valence-electron chi connectivity index (χ4n) is 2.78. The van der Waals surface area contributed by atoms with Gasteiger partial charge in [-0.2, -0.15) is 4.98 Å². The molecule has 162 valence electrons. The average molecular weight is 440 g/mol. The first-order valence-electron chi connectivity index (χ1n) is 9.10. The molecule has 0 aliphatic heterocycles. The van der Waals surface area contributed by atoms with E-state index >= 15 is 0 Å². The number of halogens is 6. The van der Waals surface area contributed by atoms with Crippen molar-refractivity contribution in [2.75, 3.05) is 10.6 Å². The van der Waals surface area contributed by atoms with Crippen LogP contribution in [0.15, 0.2) is 42.5 Å². The molecule has 1 fully saturated rings. The van der Waals surface area contributed by atoms with Crippen LogP contribution in [0.5, 0.6) is 5.75 Å². The van der Waals surface area contributed by atoms with Crippen LogP contribution in [0, 0.1) is 17.5 Å². The number of nitrogens with one attached hydrogen (secondary N) is 2. The summed E-state index contributed by atoms with van der Waals surface area (Å²) in [6, 6.07) is 7.54. The van der Waals surface area contributed by atoms with Crippen molar-refractivity contribution in [2.45, 2.75) is 25.2 Å². The zero-order valence-corrected chi connectivity index (χ0v) is 15.6. The Morgan fingerprint density at radius 1 is 0.935 bits per heavy atom. The van der Waals surface area contributed by atoms with Gasteiger partial charge in [0.2, 0.25) is 5.95 Å². The third kappa shape index (κ3) is 5.36. The zero-order chi connectivity index (χ0) is 22.2. The number of rotatable bonds is 6. The average Bonchev–Trinajstić information content (AvgIpc) is 3.47. The van der Waals surface area contributed by atoms with Gasteiger partial charge in [-0.25, -0.2) is 18.2 Å². The molecule has 1 saturated carbocycles. The summed E-state index contributed by atoms with van der Waals surface area (Å²) in [5.74, 6) is -3.80. The molecule has 4 rings (SSSR count). The second kappa shape index (κ2) is 7.97. The van der Waals surface area contributed by atoms with Crippen molar-refractivity contribution in [1.29, 1.82) is 0 Å². The molecule has 1 aromatic heterocycles. The van der Waals surface area contributed by atoms with E-state index in [4.69, 9.17) is 0 Å². The third-order valence-electron chi connectivity index (χ3n) is 4.26. The highest BCUT2D eigenvalue weighted by Crippen LogP contribution is 2.31. The number of hydrogen-bond donors (Lipinski definition) is 2. The van der Waals surface area contributed by atoms with Crippen molar-refractivity contribution in [3.63, 3.8) is 0 Å². The molecule has 0 saturated heterocycles. The maximum absolute atomic E-state index is 14.0. The van der Waals surface area contributed by atoms with Crippen LogP contribution in [-0.4, -0.2) is 22.4 Å². The SMILES string of the molecule is Fc1cc(F)c(Nc2cc(-c3cccc(OC(F)(F)F)c3)nc(NC3CC3)n2)c(F)c1. The molecular weight excluding hydrogens is 426 g/mol. The molecule has 31 heavy (non-hydrogen) atoms. The Morgan fingerprint density at radius 2 is 1.65 bits per heavy atom. The Labute approximate surface area is 172 Å². The summed E-state index contributed by atoms with van der Waals surface area (Å²) in [5, 5.41) is 5.47. The Kier molecular flexibility index (Phi) is 5.34. The van der Waals surface area contributed by atoms with E-state index in [0.717, 1.165) is 25.0 Å². The molecule has 0 bridgehead atoms. The van der Waals surface area contributed by atoms with Gasteiger partial charge in [0.1, 0.15) is 23.1 Å². The smallest absolute Gasteiger partial charge is 0.406 e. The molecule has 3 aromatic rings. The molecule has 0 spiro atoms. The van der Waals surface area contributed by atoms with Crippen molar-refractivity contribution < 1.29 is 31.1 Å². The van der Waals surface area contributed by atoms with E-state index in [1.54, 1.807) is 0 Å². The summed E-state index contributed by atoms with van der Waals surface area (Å²) in [7, 11) is 0. The van der Waals surface area contributed by atoms with Crippen LogP contribution in [0.4, 0.5) is 43.8 Å². The molecule has 1 aliphatic carbocycles. The van der Waals surface area contributed by atoms with Gasteiger partial charge in [-0.3, -0.25) is 0 Å². The van der Waals surface area contributed by atoms with Crippen LogP contribution in [0.1, 0.15) is 12.8 Å². The number of anilines is 3. The zero-order valence-electron chi connectivity index (χ0n) is 15.6. The van der Waals surface area contributed by atoms with Crippen LogP contribution in [-0.2, 0) is 0 Å². The highest BCUT2D eigenvalue weighted by molar-refractivity contribution is 5.69. The monoisotopic (exact) mass is 440 g/mol. The number of nitrogens with zero attached hydrogens (tertiary/aromatic N) is 2. The van der Waals surface area contributed by atoms with Crippen LogP contribution in [0.25, 0.3) is 11.3 Å². The molecular formula is C20H14F6N4O. The Hall–Kier alpha value is -3.50. The largest absolute Gasteiger partial charge is 0.573 e. The molecule has 1 heterocycles. The Balaban J connectivity index is 1.71. The van der Waals surface area contributed by atoms with Gasteiger partial charge in [0.15, 0.2) is 11.6 Å². The van der Waals surface area contributed by atoms with Gasteiger partial charge in [0.05, 0.1) is 5.69 Å². The number of benzene rings is 2. The van der Waals surface area contributed by atoms with E-state index in [1.807, 2.05) is 0 Å². The topological polar surface area (TPSA) is 59.1 Å². The predicted octanol–water partition coefficient (Wildman–Crippen LogP) is 5.78. The molecule has 0 unspecified atom stereocenters. The lowest BCUT2D eigenvalue weighted by Gasteiger charge is -2.13. The third-order valence-corrected chi connectivity index (χ3v) is 4.26. The highest BCUT2D eigenvalue weighted by atomic mass is 19.4. The van der Waals surface area contributed by atoms with Gasteiger partial charge in [-0.1, -0.05) is 12.1 Å². The molecule has 2 aromatic carbocycles. The predicted molar refractivity (Wildman–Crippen MR) is 100 cm³/mol. The summed E-state index contributed by atoms with van der Waals surface area (Å²) in [4.78, 5) is 8.42. The molecule has 11 heteroatoms. The fourth-order valence-corrected chi connectivity index (χ4v) is 2.78. The molecule has 0 amide bonds. The fraction of sp³-hybridized carbons (Fsp3) is 0.200. The van der Waals surface area contributed by atoms with E-state index in [0.29, 0.717) is 12.1 Å². The van der Waals surface area contributed by atoms with E-state index in [1.165, 1.54) is 18.2 Å². The molecule has 0 radical (unpaired) electrons. The summed E-state index contributed by atoms with van der Waals surface area (Å²) in [6.07, 6.45) is -3.10. The first kappa shape index (κ1) is 20.8. The van der Waals surface area contributed by atoms with Gasteiger partial charge in [0.25, 0.3) is 0 Å². The maximum atomic E-state index is 14.0. The van der Waals surface area contributed by atoms with E-state index < -0.39 is 35.3 Å². The van der Waals surface area contributed by atoms with Crippen LogP contribution in [0.2, 0.25) is 0 Å². The lowest BCUT2D eigenvalue weighted by molar-refractivity contribution is -0.274. The quantitative estimate of drug-likeness (QED) is 0.476. The van der Waals surface area contributed by atoms with Crippen LogP contribution < -0.4 is 15.4 Å². The van der Waals surface area contributed by atoms with Crippen molar-refractivity contribution in [1.82, 2.24) is 9.97 Å². The lowest BCUT2D eigenvalue weighted by atomic mass is 10.1. The van der Waals surface area contributed by atoms with E-state index in [-0.39, 0.29) is 29.1 Å². The second-order valence-corrected chi connectivity index (χ2v) is 6.83. The number of hydrogen-bond acceptors (Lipinski definition) is 5. The first-order valence-corrected chi connectivity index (χ1v) is 9.10. The summed E-state index contributed by atoms with van der Waals surface area (Å²) in [6.45, 7) is 0. The highest BCUT2D eigenvalue weighted by Gasteiger charge is 2.31. The van der Waals surface area contributed by atoms with Crippen molar-refractivity contribution in [3.05, 3.63) is 59.9 Å². The normalized spacial score (nSPS) is 13.7. The van der Waals surface area contributed by atoms with Gasteiger partial charge in [-0.05, 0) is 25.0 Å². The lowest BCUT2D eigenvalue weighted by Crippen LogP contribution is -2.17. The van der Waals surface area contributed by atoms with Crippen molar-refractivity contribution in [2.24, 2.45) is 0 Å². The first-order chi connectivity index (χ1) is 14.7. The second-order valence-electron chi connectivity index (χ2n) is 6.83. The van der Waals surface area contributed by atoms with Gasteiger partial charge in [0, 0.05) is 29.8 Å². The minimum atomic E-state index is -4.87. The minimum Gasteiger partial charge on any atom is -0.406 e. The summed E-state index contributed by atoms with van der Waals surface area (Å²) < 4.78 is 82.8. The Morgan fingerprint density at radius 3 is 2.29 bits per heavy atom. The molecule has 0 atom stereocenters. The molecule has 1 aliphatic rings. The van der Waals surface area contributed by atoms with Gasteiger partial charge in [-0.15, -0.1) is 13.2 Å². The van der Waals surface area contributed by atoms with E-state index in [2.05, 4.69) is 25.3 Å². The van der Waals surface area contributed by atoms with Crippen molar-refractivity contribution >= 4 is 17.5 Å². The summed E-state index contributed by atoms with van der Waals surface area (Å²) in [5.41, 5.74) is -0.195. The number of ether oxygens (including phenoxy) is 1. The molecule has 5 nitrogen and oxygen atoms in total. The maximum Gasteiger partial charge on any atom is 0.573 e. The number of alkyl halides is 3. The standard InChI is InChI=1S/C20H14F6N4O/c21-11-7-14(22)18(15(23)8-11)29-17-9-16(28-19(30-17)27-12-4-5-12)10-2-1-3-13(6-10)31-20(24,25)26/h1-3,6-9,12H,4-5H2,(H2,27,28,29,30). The minimum absolute atomic E-state index is 0.0419. The van der Waals surface area contributed by atoms with Crippen LogP contribution in [0.3, 0.4) is 0 Å². The van der Waals surface area contributed by atoms with Crippen molar-refractivity contribution in [3.8, 4) is 17.0 Å². The van der Waals surface area contributed by atoms with E-state index in [9.17, 15) is 26.3 Å². The molecule has 2 N–H and O–H groups in total. The summed E-state index contributed by atoms with van der Waals surface area (Å²) >= 11 is 0. The Bertz CT molecular complexity index is 1090. The van der Waals surface area contributed by atoms with Crippen LogP contribution >= 0.6 is 0 Å². The van der Waals surface area contributed by atoms with Gasteiger partial charge < -0.3 is 15.4 Å². The van der Waals surface area contributed by atoms with Gasteiger partial charge >= 0.3 is 6.36 Å².